The largest absolute Gasteiger partial charge is 0.394 e. The number of aliphatic hydroxyl groups excluding tert-OH is 10. The Balaban J connectivity index is 1.23. The molecule has 58 heavy (non-hydrogen) atoms. The first-order valence-electron chi connectivity index (χ1n) is 20.2. The lowest BCUT2D eigenvalue weighted by Crippen LogP contribution is -2.59. The van der Waals surface area contributed by atoms with Crippen molar-refractivity contribution in [1.29, 1.82) is 0 Å². The van der Waals surface area contributed by atoms with Crippen LogP contribution < -0.4 is 0 Å². The maximum Gasteiger partial charge on any atom is 0.186 e. The predicted octanol–water partition coefficient (Wildman–Crippen LogP) is -2.80. The molecule has 2 aromatic rings. The standard InChI is InChI=1S/C36H64N6O16/c1-2-3-4-5-6-7-8-9-10-11-28(53-18-22-12-41(39-37-22)14-24(45)20-55-35-33(51)31(49)29(47)26(16-43)57-35)54-19-23-13-42(40-38-23)15-25(46)21-56-36-34(52)32(50)30(48)27(17-44)58-36/h12-13,24-36,43-52H,2-11,14-21H2,1H3/t24?,25?,26-,27-,28?,29-,30-,31+,32+,33-,34-,35-,36-/m1/s1. The second-order valence-corrected chi connectivity index (χ2v) is 14.9. The summed E-state index contributed by atoms with van der Waals surface area (Å²) in [6, 6.07) is 0. The zero-order chi connectivity index (χ0) is 42.0. The first-order chi connectivity index (χ1) is 27.9. The van der Waals surface area contributed by atoms with Gasteiger partial charge < -0.3 is 79.5 Å². The molecule has 2 aromatic heterocycles. The number of hydrogen-bond donors (Lipinski definition) is 10. The highest BCUT2D eigenvalue weighted by Gasteiger charge is 2.45. The van der Waals surface area contributed by atoms with Gasteiger partial charge in [-0.05, 0) is 12.8 Å². The van der Waals surface area contributed by atoms with Crippen molar-refractivity contribution in [2.45, 2.75) is 177 Å². The van der Waals surface area contributed by atoms with Crippen LogP contribution in [0, 0.1) is 0 Å². The van der Waals surface area contributed by atoms with E-state index in [0.717, 1.165) is 19.3 Å². The average Bonchev–Trinajstić information content (AvgIpc) is 3.87. The molecule has 10 N–H and O–H groups in total. The Kier molecular flexibility index (Phi) is 21.2. The first-order valence-corrected chi connectivity index (χ1v) is 20.2. The molecule has 334 valence electrons. The summed E-state index contributed by atoms with van der Waals surface area (Å²) in [4.78, 5) is 0. The van der Waals surface area contributed by atoms with Crippen molar-refractivity contribution in [2.24, 2.45) is 0 Å². The Bertz CT molecular complexity index is 1300. The lowest BCUT2D eigenvalue weighted by atomic mass is 9.99. The molecule has 0 radical (unpaired) electrons. The molecule has 0 bridgehead atoms. The Labute approximate surface area is 336 Å². The Morgan fingerprint density at radius 3 is 1.43 bits per heavy atom. The van der Waals surface area contributed by atoms with Gasteiger partial charge in [-0.15, -0.1) is 10.2 Å². The molecule has 22 nitrogen and oxygen atoms in total. The minimum atomic E-state index is -1.60. The molecule has 2 fully saturated rings. The van der Waals surface area contributed by atoms with Gasteiger partial charge in [0.15, 0.2) is 18.9 Å². The van der Waals surface area contributed by atoms with E-state index in [1.54, 1.807) is 12.4 Å². The molecule has 4 rings (SSSR count). The summed E-state index contributed by atoms with van der Waals surface area (Å²) in [5.74, 6) is 0. The minimum absolute atomic E-state index is 0.0347. The molecule has 2 aliphatic heterocycles. The van der Waals surface area contributed by atoms with E-state index in [4.69, 9.17) is 28.4 Å². The average molecular weight is 837 g/mol. The predicted molar refractivity (Wildman–Crippen MR) is 197 cm³/mol. The van der Waals surface area contributed by atoms with Crippen molar-refractivity contribution in [2.75, 3.05) is 26.4 Å². The summed E-state index contributed by atoms with van der Waals surface area (Å²) in [6.07, 6.45) is -3.21. The van der Waals surface area contributed by atoms with Gasteiger partial charge in [0.25, 0.3) is 0 Å². The Morgan fingerprint density at radius 1 is 0.603 bits per heavy atom. The highest BCUT2D eigenvalue weighted by Crippen LogP contribution is 2.24. The maximum atomic E-state index is 10.5. The van der Waals surface area contributed by atoms with Crippen molar-refractivity contribution < 1.29 is 79.5 Å². The van der Waals surface area contributed by atoms with Crippen LogP contribution in [0.2, 0.25) is 0 Å². The molecule has 4 heterocycles. The van der Waals surface area contributed by atoms with Crippen LogP contribution in [0.4, 0.5) is 0 Å². The van der Waals surface area contributed by atoms with Gasteiger partial charge in [0, 0.05) is 0 Å². The smallest absolute Gasteiger partial charge is 0.186 e. The zero-order valence-corrected chi connectivity index (χ0v) is 33.0. The third-order valence-corrected chi connectivity index (χ3v) is 9.95. The number of nitrogens with zero attached hydrogens (tertiary/aromatic N) is 6. The lowest BCUT2D eigenvalue weighted by Gasteiger charge is -2.39. The summed E-state index contributed by atoms with van der Waals surface area (Å²) in [7, 11) is 0. The topological polar surface area (TPSA) is 319 Å². The van der Waals surface area contributed by atoms with Gasteiger partial charge in [0.1, 0.15) is 60.2 Å². The van der Waals surface area contributed by atoms with Gasteiger partial charge in [-0.2, -0.15) is 0 Å². The lowest BCUT2D eigenvalue weighted by molar-refractivity contribution is -0.304. The molecule has 0 amide bonds. The van der Waals surface area contributed by atoms with E-state index in [-0.39, 0.29) is 39.5 Å². The van der Waals surface area contributed by atoms with E-state index in [9.17, 15) is 51.1 Å². The second-order valence-electron chi connectivity index (χ2n) is 14.9. The summed E-state index contributed by atoms with van der Waals surface area (Å²) >= 11 is 0. The zero-order valence-electron chi connectivity index (χ0n) is 33.0. The summed E-state index contributed by atoms with van der Waals surface area (Å²) in [6.45, 7) is 0.384. The van der Waals surface area contributed by atoms with Crippen LogP contribution in [-0.4, -0.2) is 187 Å². The fourth-order valence-corrected chi connectivity index (χ4v) is 6.54. The Hall–Kier alpha value is -2.36. The van der Waals surface area contributed by atoms with Crippen molar-refractivity contribution in [3.63, 3.8) is 0 Å². The third kappa shape index (κ3) is 15.3. The SMILES string of the molecule is CCCCCCCCCCCC(OCc1cn(CC(O)CO[C@@H]2O[C@H](CO)[C@@H](O)[C@H](O)[C@H]2O)nn1)OCc1cn(CC(O)CO[C@@H]2O[C@H](CO)[C@@H](O)[C@H](O)[C@H]2O)nn1. The van der Waals surface area contributed by atoms with Crippen molar-refractivity contribution >= 4 is 0 Å². The van der Waals surface area contributed by atoms with E-state index in [0.29, 0.717) is 17.8 Å². The minimum Gasteiger partial charge on any atom is -0.394 e. The molecular weight excluding hydrogens is 772 g/mol. The van der Waals surface area contributed by atoms with Gasteiger partial charge in [-0.3, -0.25) is 0 Å². The van der Waals surface area contributed by atoms with E-state index < -0.39 is 93.1 Å². The molecule has 0 saturated carbocycles. The van der Waals surface area contributed by atoms with Crippen LogP contribution >= 0.6 is 0 Å². The fraction of sp³-hybridized carbons (Fsp3) is 0.889. The van der Waals surface area contributed by atoms with Gasteiger partial charge in [0.2, 0.25) is 0 Å². The second kappa shape index (κ2) is 25.4. The van der Waals surface area contributed by atoms with Crippen LogP contribution in [0.1, 0.15) is 82.5 Å². The van der Waals surface area contributed by atoms with Gasteiger partial charge in [-0.1, -0.05) is 68.7 Å². The van der Waals surface area contributed by atoms with E-state index in [1.165, 1.54) is 47.9 Å². The first kappa shape index (κ1) is 48.3. The molecule has 12 atom stereocenters. The highest BCUT2D eigenvalue weighted by molar-refractivity contribution is 4.93. The Morgan fingerprint density at radius 2 is 1.02 bits per heavy atom. The molecule has 0 aromatic carbocycles. The number of unbranched alkanes of at least 4 members (excludes halogenated alkanes) is 8. The number of hydrogen-bond acceptors (Lipinski definition) is 20. The number of rotatable bonds is 28. The monoisotopic (exact) mass is 836 g/mol. The van der Waals surface area contributed by atoms with E-state index >= 15 is 0 Å². The quantitative estimate of drug-likeness (QED) is 0.0306. The number of aliphatic hydroxyl groups is 10. The molecule has 2 aliphatic rings. The molecule has 0 spiro atoms. The van der Waals surface area contributed by atoms with E-state index in [1.807, 2.05) is 0 Å². The summed E-state index contributed by atoms with van der Waals surface area (Å²) in [5.41, 5.74) is 0.933. The van der Waals surface area contributed by atoms with E-state index in [2.05, 4.69) is 27.5 Å². The molecule has 0 aliphatic carbocycles. The van der Waals surface area contributed by atoms with Crippen LogP contribution in [0.15, 0.2) is 12.4 Å². The van der Waals surface area contributed by atoms with Crippen LogP contribution in [0.3, 0.4) is 0 Å². The summed E-state index contributed by atoms with van der Waals surface area (Å²) < 4.78 is 36.4. The third-order valence-electron chi connectivity index (χ3n) is 9.95. The summed E-state index contributed by atoms with van der Waals surface area (Å²) in [5, 5.41) is 116. The van der Waals surface area contributed by atoms with Gasteiger partial charge in [0.05, 0.1) is 77.3 Å². The molecule has 22 heteroatoms. The maximum absolute atomic E-state index is 10.5. The van der Waals surface area contributed by atoms with Crippen LogP contribution in [0.5, 0.6) is 0 Å². The van der Waals surface area contributed by atoms with Gasteiger partial charge in [-0.25, -0.2) is 9.36 Å². The van der Waals surface area contributed by atoms with Crippen molar-refractivity contribution in [3.05, 3.63) is 23.8 Å². The number of aromatic nitrogens is 6. The van der Waals surface area contributed by atoms with Gasteiger partial charge >= 0.3 is 0 Å². The van der Waals surface area contributed by atoms with Crippen molar-refractivity contribution in [3.8, 4) is 0 Å². The molecular formula is C36H64N6O16. The normalized spacial score (nSPS) is 29.4. The highest BCUT2D eigenvalue weighted by atomic mass is 16.7. The van der Waals surface area contributed by atoms with Crippen molar-refractivity contribution in [1.82, 2.24) is 30.0 Å². The number of ether oxygens (including phenoxy) is 6. The van der Waals surface area contributed by atoms with Crippen LogP contribution in [-0.2, 0) is 54.7 Å². The molecule has 2 saturated heterocycles. The fourth-order valence-electron chi connectivity index (χ4n) is 6.54. The molecule has 2 unspecified atom stereocenters. The van der Waals surface area contributed by atoms with Crippen LogP contribution in [0.25, 0.3) is 0 Å².